The maximum Gasteiger partial charge on any atom is 0.223 e. The van der Waals surface area contributed by atoms with Crippen LogP contribution in [-0.4, -0.2) is 29.6 Å². The lowest BCUT2D eigenvalue weighted by Gasteiger charge is -2.34. The minimum atomic E-state index is 0.354. The second kappa shape index (κ2) is 6.77. The van der Waals surface area contributed by atoms with Gasteiger partial charge in [0.1, 0.15) is 11.6 Å². The van der Waals surface area contributed by atoms with E-state index in [9.17, 15) is 0 Å². The molecule has 0 aromatic carbocycles. The lowest BCUT2D eigenvalue weighted by molar-refractivity contribution is 0.310. The van der Waals surface area contributed by atoms with Crippen LogP contribution in [0.25, 0.3) is 0 Å². The molecule has 0 radical (unpaired) electrons. The molecule has 2 rings (SSSR count). The molecule has 112 valence electrons. The molecule has 0 aliphatic carbocycles. The van der Waals surface area contributed by atoms with E-state index in [1.807, 2.05) is 6.07 Å². The molecule has 0 atom stereocenters. The number of nitrogens with zero attached hydrogens (tertiary/aromatic N) is 3. The monoisotopic (exact) mass is 277 g/mol. The van der Waals surface area contributed by atoms with Crippen LogP contribution in [0.2, 0.25) is 0 Å². The van der Waals surface area contributed by atoms with Crippen LogP contribution in [0, 0.1) is 11.8 Å². The Morgan fingerprint density at radius 2 is 2.05 bits per heavy atom. The quantitative estimate of drug-likeness (QED) is 0.866. The second-order valence-corrected chi connectivity index (χ2v) is 5.96. The molecule has 0 bridgehead atoms. The Morgan fingerprint density at radius 3 is 2.65 bits per heavy atom. The molecule has 1 aromatic rings. The Labute approximate surface area is 122 Å². The van der Waals surface area contributed by atoms with E-state index in [0.717, 1.165) is 49.5 Å². The van der Waals surface area contributed by atoms with Gasteiger partial charge in [-0.05, 0) is 31.1 Å². The fourth-order valence-electron chi connectivity index (χ4n) is 2.75. The molecule has 1 aromatic heterocycles. The van der Waals surface area contributed by atoms with Gasteiger partial charge in [0.25, 0.3) is 0 Å². The summed E-state index contributed by atoms with van der Waals surface area (Å²) in [5.41, 5.74) is 5.82. The van der Waals surface area contributed by atoms with Crippen molar-refractivity contribution in [2.24, 2.45) is 11.8 Å². The molecule has 0 spiro atoms. The van der Waals surface area contributed by atoms with E-state index in [1.165, 1.54) is 12.8 Å². The molecule has 0 unspecified atom stereocenters. The first-order valence-electron chi connectivity index (χ1n) is 7.73. The Bertz CT molecular complexity index is 424. The van der Waals surface area contributed by atoms with Gasteiger partial charge in [-0.1, -0.05) is 20.8 Å². The molecule has 1 aliphatic rings. The molecule has 1 saturated heterocycles. The number of hydrogen-bond acceptors (Lipinski definition) is 5. The van der Waals surface area contributed by atoms with Crippen LogP contribution in [0.5, 0.6) is 0 Å². The predicted octanol–water partition coefficient (Wildman–Crippen LogP) is 2.75. The molecule has 1 aliphatic heterocycles. The standard InChI is InChI=1S/C15H27N5/c1-4-7-17-13-10-14(19-15(16)18-13)20-8-5-12(6-9-20)11(2)3/h10-12H,4-9H2,1-3H3,(H3,16,17,18,19). The van der Waals surface area contributed by atoms with Crippen LogP contribution in [-0.2, 0) is 0 Å². The van der Waals surface area contributed by atoms with Gasteiger partial charge in [0.05, 0.1) is 0 Å². The van der Waals surface area contributed by atoms with Crippen molar-refractivity contribution in [3.63, 3.8) is 0 Å². The summed E-state index contributed by atoms with van der Waals surface area (Å²) < 4.78 is 0. The van der Waals surface area contributed by atoms with Crippen molar-refractivity contribution in [3.05, 3.63) is 6.07 Å². The summed E-state index contributed by atoms with van der Waals surface area (Å²) in [6, 6.07) is 2.02. The molecule has 0 amide bonds. The zero-order valence-corrected chi connectivity index (χ0v) is 12.9. The molecule has 3 N–H and O–H groups in total. The number of nitrogen functional groups attached to an aromatic ring is 1. The van der Waals surface area contributed by atoms with Gasteiger partial charge in [-0.25, -0.2) is 0 Å². The van der Waals surface area contributed by atoms with E-state index in [1.54, 1.807) is 0 Å². The highest BCUT2D eigenvalue weighted by atomic mass is 15.2. The molecular formula is C15H27N5. The largest absolute Gasteiger partial charge is 0.370 e. The highest BCUT2D eigenvalue weighted by Gasteiger charge is 2.22. The van der Waals surface area contributed by atoms with Crippen molar-refractivity contribution >= 4 is 17.6 Å². The van der Waals surface area contributed by atoms with E-state index >= 15 is 0 Å². The third-order valence-corrected chi connectivity index (χ3v) is 4.09. The van der Waals surface area contributed by atoms with Crippen LogP contribution < -0.4 is 16.0 Å². The summed E-state index contributed by atoms with van der Waals surface area (Å²) >= 11 is 0. The van der Waals surface area contributed by atoms with Crippen LogP contribution in [0.1, 0.15) is 40.0 Å². The van der Waals surface area contributed by atoms with Crippen LogP contribution in [0.4, 0.5) is 17.6 Å². The number of aromatic nitrogens is 2. The summed E-state index contributed by atoms with van der Waals surface area (Å²) in [7, 11) is 0. The average Bonchev–Trinajstić information content (AvgIpc) is 2.44. The van der Waals surface area contributed by atoms with E-state index in [4.69, 9.17) is 5.73 Å². The zero-order valence-electron chi connectivity index (χ0n) is 12.9. The zero-order chi connectivity index (χ0) is 14.5. The first-order chi connectivity index (χ1) is 9.60. The van der Waals surface area contributed by atoms with E-state index in [-0.39, 0.29) is 0 Å². The minimum absolute atomic E-state index is 0.354. The Kier molecular flexibility index (Phi) is 5.04. The van der Waals surface area contributed by atoms with E-state index < -0.39 is 0 Å². The second-order valence-electron chi connectivity index (χ2n) is 5.96. The van der Waals surface area contributed by atoms with Gasteiger partial charge in [-0.2, -0.15) is 9.97 Å². The Hall–Kier alpha value is -1.52. The maximum absolute atomic E-state index is 5.82. The smallest absolute Gasteiger partial charge is 0.223 e. The topological polar surface area (TPSA) is 67.1 Å². The van der Waals surface area contributed by atoms with Gasteiger partial charge in [0, 0.05) is 25.7 Å². The number of nitrogens with two attached hydrogens (primary N) is 1. The lowest BCUT2D eigenvalue weighted by Crippen LogP contribution is -2.36. The SMILES string of the molecule is CCCNc1cc(N2CCC(C(C)C)CC2)nc(N)n1. The fourth-order valence-corrected chi connectivity index (χ4v) is 2.75. The first-order valence-corrected chi connectivity index (χ1v) is 7.73. The van der Waals surface area contributed by atoms with Gasteiger partial charge < -0.3 is 16.0 Å². The Balaban J connectivity index is 2.03. The number of hydrogen-bond donors (Lipinski definition) is 2. The van der Waals surface area contributed by atoms with Crippen LogP contribution in [0.15, 0.2) is 6.07 Å². The van der Waals surface area contributed by atoms with Gasteiger partial charge >= 0.3 is 0 Å². The van der Waals surface area contributed by atoms with Crippen molar-refractivity contribution in [3.8, 4) is 0 Å². The first kappa shape index (κ1) is 14.9. The molecule has 1 fully saturated rings. The maximum atomic E-state index is 5.82. The number of piperidine rings is 1. The summed E-state index contributed by atoms with van der Waals surface area (Å²) in [5, 5.41) is 3.28. The van der Waals surface area contributed by atoms with Crippen LogP contribution >= 0.6 is 0 Å². The molecule has 20 heavy (non-hydrogen) atoms. The van der Waals surface area contributed by atoms with Gasteiger partial charge in [0.2, 0.25) is 5.95 Å². The minimum Gasteiger partial charge on any atom is -0.370 e. The molecule has 5 nitrogen and oxygen atoms in total. The molecule has 0 saturated carbocycles. The van der Waals surface area contributed by atoms with E-state index in [0.29, 0.717) is 5.95 Å². The van der Waals surface area contributed by atoms with Crippen molar-refractivity contribution in [1.29, 1.82) is 0 Å². The summed E-state index contributed by atoms with van der Waals surface area (Å²) in [6.07, 6.45) is 3.54. The van der Waals surface area contributed by atoms with Crippen molar-refractivity contribution in [2.45, 2.75) is 40.0 Å². The van der Waals surface area contributed by atoms with Gasteiger partial charge in [-0.15, -0.1) is 0 Å². The van der Waals surface area contributed by atoms with Gasteiger partial charge in [0.15, 0.2) is 0 Å². The number of nitrogens with one attached hydrogen (secondary N) is 1. The normalized spacial score (nSPS) is 16.7. The van der Waals surface area contributed by atoms with Crippen molar-refractivity contribution in [1.82, 2.24) is 9.97 Å². The average molecular weight is 277 g/mol. The Morgan fingerprint density at radius 1 is 1.35 bits per heavy atom. The third-order valence-electron chi connectivity index (χ3n) is 4.09. The van der Waals surface area contributed by atoms with Crippen molar-refractivity contribution < 1.29 is 0 Å². The molecular weight excluding hydrogens is 250 g/mol. The summed E-state index contributed by atoms with van der Waals surface area (Å²) in [4.78, 5) is 11.0. The lowest BCUT2D eigenvalue weighted by atomic mass is 9.87. The number of rotatable bonds is 5. The van der Waals surface area contributed by atoms with Crippen LogP contribution in [0.3, 0.4) is 0 Å². The molecule has 5 heteroatoms. The van der Waals surface area contributed by atoms with E-state index in [2.05, 4.69) is 41.0 Å². The molecule has 2 heterocycles. The third kappa shape index (κ3) is 3.74. The summed E-state index contributed by atoms with van der Waals surface area (Å²) in [5.74, 6) is 3.75. The highest BCUT2D eigenvalue weighted by molar-refractivity contribution is 5.52. The predicted molar refractivity (Wildman–Crippen MR) is 85.0 cm³/mol. The van der Waals surface area contributed by atoms with Crippen molar-refractivity contribution in [2.75, 3.05) is 35.6 Å². The van der Waals surface area contributed by atoms with Gasteiger partial charge in [-0.3, -0.25) is 0 Å². The fraction of sp³-hybridized carbons (Fsp3) is 0.733. The highest BCUT2D eigenvalue weighted by Crippen LogP contribution is 2.27. The number of anilines is 3. The summed E-state index contributed by atoms with van der Waals surface area (Å²) in [6.45, 7) is 9.80.